The molecule has 0 aliphatic carbocycles. The molecule has 0 radical (unpaired) electrons. The molecule has 0 unspecified atom stereocenters. The second-order valence-corrected chi connectivity index (χ2v) is 5.37. The van der Waals surface area contributed by atoms with E-state index in [0.717, 1.165) is 26.1 Å². The van der Waals surface area contributed by atoms with E-state index in [4.69, 9.17) is 0 Å². The zero-order valence-electron chi connectivity index (χ0n) is 10.3. The highest BCUT2D eigenvalue weighted by Gasteiger charge is 2.41. The van der Waals surface area contributed by atoms with Gasteiger partial charge in [-0.1, -0.05) is 30.3 Å². The Kier molecular flexibility index (Phi) is 3.08. The lowest BCUT2D eigenvalue weighted by atomic mass is 10.1. The van der Waals surface area contributed by atoms with E-state index in [1.807, 2.05) is 4.90 Å². The fourth-order valence-corrected chi connectivity index (χ4v) is 3.12. The Labute approximate surface area is 106 Å². The third kappa shape index (κ3) is 2.27. The fraction of sp³-hybridized carbons (Fsp3) is 0.571. The van der Waals surface area contributed by atoms with E-state index in [1.165, 1.54) is 12.1 Å². The average Bonchev–Trinajstić information content (AvgIpc) is 2.90. The number of nitrogens with zero attached hydrogens (tertiary/aromatic N) is 1. The number of hydrogen-bond donors (Lipinski definition) is 1. The third-order valence-electron chi connectivity index (χ3n) is 4.06. The predicted molar refractivity (Wildman–Crippen MR) is 66.7 cm³/mol. The number of halogens is 2. The number of fused-ring (bicyclic) bond motifs is 1. The maximum absolute atomic E-state index is 14.1. The van der Waals surface area contributed by atoms with Gasteiger partial charge in [-0.15, -0.1) is 0 Å². The number of likely N-dealkylation sites (tertiary alicyclic amines) is 1. The van der Waals surface area contributed by atoms with Crippen LogP contribution in [0.15, 0.2) is 30.3 Å². The van der Waals surface area contributed by atoms with Crippen molar-refractivity contribution in [2.24, 2.45) is 5.92 Å². The molecule has 1 N–H and O–H groups in total. The standard InChI is InChI=1S/C14H18F2N2/c15-14(16,12-4-2-1-3-5-12)10-18-8-11-6-7-17-13(11)9-18/h1-5,11,13,17H,6-10H2/t11-,13+/m0/s1. The molecule has 98 valence electrons. The van der Waals surface area contributed by atoms with Crippen LogP contribution in [0.4, 0.5) is 8.78 Å². The van der Waals surface area contributed by atoms with E-state index >= 15 is 0 Å². The molecule has 2 atom stereocenters. The second-order valence-electron chi connectivity index (χ2n) is 5.37. The molecule has 2 heterocycles. The van der Waals surface area contributed by atoms with E-state index in [9.17, 15) is 8.78 Å². The van der Waals surface area contributed by atoms with Crippen molar-refractivity contribution in [1.82, 2.24) is 10.2 Å². The van der Waals surface area contributed by atoms with Crippen LogP contribution in [0, 0.1) is 5.92 Å². The Morgan fingerprint density at radius 1 is 1.22 bits per heavy atom. The maximum Gasteiger partial charge on any atom is 0.285 e. The molecule has 2 fully saturated rings. The van der Waals surface area contributed by atoms with E-state index in [0.29, 0.717) is 12.0 Å². The zero-order valence-corrected chi connectivity index (χ0v) is 10.3. The first-order chi connectivity index (χ1) is 8.65. The SMILES string of the molecule is FC(F)(CN1C[C@@H]2CCN[C@@H]2C1)c1ccccc1. The smallest absolute Gasteiger partial charge is 0.285 e. The van der Waals surface area contributed by atoms with Crippen molar-refractivity contribution in [3.05, 3.63) is 35.9 Å². The Bertz CT molecular complexity index is 396. The minimum absolute atomic E-state index is 0.120. The molecule has 2 aliphatic rings. The summed E-state index contributed by atoms with van der Waals surface area (Å²) in [5.41, 5.74) is 0.120. The van der Waals surface area contributed by atoms with Crippen molar-refractivity contribution >= 4 is 0 Å². The summed E-state index contributed by atoms with van der Waals surface area (Å²) < 4.78 is 28.2. The summed E-state index contributed by atoms with van der Waals surface area (Å²) in [6.45, 7) is 2.44. The summed E-state index contributed by atoms with van der Waals surface area (Å²) in [5, 5.41) is 3.39. The second kappa shape index (κ2) is 4.59. The van der Waals surface area contributed by atoms with Crippen molar-refractivity contribution in [2.45, 2.75) is 18.4 Å². The minimum atomic E-state index is -2.75. The van der Waals surface area contributed by atoms with Crippen LogP contribution in [0.5, 0.6) is 0 Å². The average molecular weight is 252 g/mol. The monoisotopic (exact) mass is 252 g/mol. The van der Waals surface area contributed by atoms with Crippen LogP contribution < -0.4 is 5.32 Å². The van der Waals surface area contributed by atoms with Gasteiger partial charge in [-0.25, -0.2) is 0 Å². The summed E-state index contributed by atoms with van der Waals surface area (Å²) in [6.07, 6.45) is 1.12. The highest BCUT2D eigenvalue weighted by Crippen LogP contribution is 2.32. The van der Waals surface area contributed by atoms with Crippen molar-refractivity contribution < 1.29 is 8.78 Å². The summed E-state index contributed by atoms with van der Waals surface area (Å²) in [4.78, 5) is 1.90. The topological polar surface area (TPSA) is 15.3 Å². The van der Waals surface area contributed by atoms with Crippen LogP contribution in [-0.4, -0.2) is 37.1 Å². The van der Waals surface area contributed by atoms with E-state index in [-0.39, 0.29) is 12.1 Å². The molecule has 0 spiro atoms. The molecule has 2 nitrogen and oxygen atoms in total. The van der Waals surface area contributed by atoms with Crippen molar-refractivity contribution in [1.29, 1.82) is 0 Å². The lowest BCUT2D eigenvalue weighted by Gasteiger charge is -2.24. The predicted octanol–water partition coefficient (Wildman–Crippen LogP) is 2.07. The summed E-state index contributed by atoms with van der Waals surface area (Å²) in [5.74, 6) is -2.18. The van der Waals surface area contributed by atoms with Crippen LogP contribution in [0.3, 0.4) is 0 Å². The molecule has 1 aromatic carbocycles. The largest absolute Gasteiger partial charge is 0.312 e. The van der Waals surface area contributed by atoms with Crippen molar-refractivity contribution in [2.75, 3.05) is 26.2 Å². The van der Waals surface area contributed by atoms with Gasteiger partial charge in [0.05, 0.1) is 6.54 Å². The fourth-order valence-electron chi connectivity index (χ4n) is 3.12. The van der Waals surface area contributed by atoms with Gasteiger partial charge in [0.1, 0.15) is 0 Å². The van der Waals surface area contributed by atoms with Gasteiger partial charge in [0, 0.05) is 24.7 Å². The van der Waals surface area contributed by atoms with Gasteiger partial charge in [0.15, 0.2) is 0 Å². The maximum atomic E-state index is 14.1. The quantitative estimate of drug-likeness (QED) is 0.886. The normalized spacial score (nSPS) is 28.6. The molecule has 1 aromatic rings. The molecule has 0 saturated carbocycles. The number of rotatable bonds is 3. The van der Waals surface area contributed by atoms with Gasteiger partial charge in [0.2, 0.25) is 0 Å². The van der Waals surface area contributed by atoms with Crippen LogP contribution in [0.2, 0.25) is 0 Å². The molecule has 3 rings (SSSR count). The first-order valence-corrected chi connectivity index (χ1v) is 6.54. The molecular weight excluding hydrogens is 234 g/mol. The van der Waals surface area contributed by atoms with E-state index in [1.54, 1.807) is 18.2 Å². The molecule has 0 bridgehead atoms. The van der Waals surface area contributed by atoms with Gasteiger partial charge in [-0.3, -0.25) is 4.90 Å². The number of nitrogens with one attached hydrogen (secondary N) is 1. The third-order valence-corrected chi connectivity index (χ3v) is 4.06. The minimum Gasteiger partial charge on any atom is -0.312 e. The summed E-state index contributed by atoms with van der Waals surface area (Å²) in [7, 11) is 0. The highest BCUT2D eigenvalue weighted by molar-refractivity contribution is 5.20. The van der Waals surface area contributed by atoms with Crippen LogP contribution >= 0.6 is 0 Å². The van der Waals surface area contributed by atoms with Crippen molar-refractivity contribution in [3.63, 3.8) is 0 Å². The molecule has 0 aromatic heterocycles. The van der Waals surface area contributed by atoms with Crippen LogP contribution in [0.25, 0.3) is 0 Å². The lowest BCUT2D eigenvalue weighted by Crippen LogP contribution is -2.36. The first-order valence-electron chi connectivity index (χ1n) is 6.54. The summed E-state index contributed by atoms with van der Waals surface area (Å²) in [6, 6.07) is 8.55. The van der Waals surface area contributed by atoms with Gasteiger partial charge in [0.25, 0.3) is 5.92 Å². The van der Waals surface area contributed by atoms with E-state index < -0.39 is 5.92 Å². The van der Waals surface area contributed by atoms with Gasteiger partial charge in [-0.2, -0.15) is 8.78 Å². The lowest BCUT2D eigenvalue weighted by molar-refractivity contribution is -0.0340. The number of hydrogen-bond acceptors (Lipinski definition) is 2. The molecule has 2 saturated heterocycles. The Morgan fingerprint density at radius 2 is 2.00 bits per heavy atom. The van der Waals surface area contributed by atoms with Crippen molar-refractivity contribution in [3.8, 4) is 0 Å². The Balaban J connectivity index is 1.66. The van der Waals surface area contributed by atoms with Gasteiger partial charge < -0.3 is 5.32 Å². The Morgan fingerprint density at radius 3 is 2.72 bits per heavy atom. The van der Waals surface area contributed by atoms with Crippen LogP contribution in [0.1, 0.15) is 12.0 Å². The summed E-state index contributed by atoms with van der Waals surface area (Å²) >= 11 is 0. The molecule has 0 amide bonds. The molecule has 18 heavy (non-hydrogen) atoms. The Hall–Kier alpha value is -1.00. The molecule has 4 heteroatoms. The molecular formula is C14H18F2N2. The van der Waals surface area contributed by atoms with E-state index in [2.05, 4.69) is 5.32 Å². The molecule has 2 aliphatic heterocycles. The van der Waals surface area contributed by atoms with Crippen LogP contribution in [-0.2, 0) is 5.92 Å². The highest BCUT2D eigenvalue weighted by atomic mass is 19.3. The number of benzene rings is 1. The number of alkyl halides is 2. The first kappa shape index (κ1) is 12.1. The van der Waals surface area contributed by atoms with Gasteiger partial charge >= 0.3 is 0 Å². The zero-order chi connectivity index (χ0) is 12.6. The van der Waals surface area contributed by atoms with Gasteiger partial charge in [-0.05, 0) is 18.9 Å².